The number of anilines is 1. The van der Waals surface area contributed by atoms with Crippen LogP contribution in [0.1, 0.15) is 28.7 Å². The Balaban J connectivity index is 1.41. The summed E-state index contributed by atoms with van der Waals surface area (Å²) in [6.07, 6.45) is 3.06. The van der Waals surface area contributed by atoms with E-state index in [0.717, 1.165) is 44.8 Å². The predicted octanol–water partition coefficient (Wildman–Crippen LogP) is 4.53. The summed E-state index contributed by atoms with van der Waals surface area (Å²) in [6.45, 7) is 5.08. The zero-order chi connectivity index (χ0) is 26.6. The fourth-order valence-corrected chi connectivity index (χ4v) is 5.86. The van der Waals surface area contributed by atoms with Crippen molar-refractivity contribution in [2.24, 2.45) is 0 Å². The van der Waals surface area contributed by atoms with E-state index in [1.54, 1.807) is 0 Å². The third kappa shape index (κ3) is 7.08. The highest BCUT2D eigenvalue weighted by Gasteiger charge is 2.20. The minimum Gasteiger partial charge on any atom is -0.494 e. The molecule has 0 fully saturated rings. The van der Waals surface area contributed by atoms with E-state index in [4.69, 9.17) is 4.74 Å². The number of nitrogens with one attached hydrogen (secondary N) is 2. The molecule has 1 amide bonds. The Hall–Kier alpha value is -3.43. The van der Waals surface area contributed by atoms with Crippen molar-refractivity contribution in [3.05, 3.63) is 89.0 Å². The van der Waals surface area contributed by atoms with Gasteiger partial charge in [-0.05, 0) is 84.0 Å². The number of rotatable bonds is 10. The number of hydrogen-bond donors (Lipinski definition) is 2. The number of sulfone groups is 1. The van der Waals surface area contributed by atoms with Crippen LogP contribution in [0.15, 0.2) is 66.7 Å². The smallest absolute Gasteiger partial charge is 0.257 e. The molecule has 0 aliphatic carbocycles. The Morgan fingerprint density at radius 1 is 0.973 bits per heavy atom. The molecule has 0 saturated heterocycles. The maximum atomic E-state index is 12.0. The first-order valence-corrected chi connectivity index (χ1v) is 15.1. The second kappa shape index (κ2) is 11.3. The first-order valence-electron chi connectivity index (χ1n) is 11.9. The average Bonchev–Trinajstić information content (AvgIpc) is 3.18. The van der Waals surface area contributed by atoms with Crippen LogP contribution in [0, 0.1) is 13.8 Å². The van der Waals surface area contributed by atoms with Crippen LogP contribution in [-0.4, -0.2) is 37.1 Å². The molecular formula is C28H30N2O5S2. The molecule has 0 bridgehead atoms. The van der Waals surface area contributed by atoms with Crippen LogP contribution in [0.5, 0.6) is 5.75 Å². The minimum atomic E-state index is -2.99. The number of carbonyl (C=O) groups is 1. The van der Waals surface area contributed by atoms with Crippen molar-refractivity contribution in [1.29, 1.82) is 0 Å². The Morgan fingerprint density at radius 2 is 1.68 bits per heavy atom. The highest BCUT2D eigenvalue weighted by atomic mass is 32.2. The highest BCUT2D eigenvalue weighted by molar-refractivity contribution is 7.94. The van der Waals surface area contributed by atoms with E-state index in [1.165, 1.54) is 12.3 Å². The van der Waals surface area contributed by atoms with Gasteiger partial charge in [-0.1, -0.05) is 30.3 Å². The highest BCUT2D eigenvalue weighted by Crippen LogP contribution is 2.32. The molecule has 37 heavy (non-hydrogen) atoms. The van der Waals surface area contributed by atoms with Gasteiger partial charge in [-0.3, -0.25) is 9.52 Å². The molecule has 194 valence electrons. The zero-order valence-corrected chi connectivity index (χ0v) is 22.7. The molecule has 0 spiro atoms. The molecule has 3 aromatic carbocycles. The Labute approximate surface area is 220 Å². The zero-order valence-electron chi connectivity index (χ0n) is 21.0. The van der Waals surface area contributed by atoms with Crippen LogP contribution < -0.4 is 14.8 Å². The van der Waals surface area contributed by atoms with Crippen molar-refractivity contribution < 1.29 is 22.2 Å². The lowest BCUT2D eigenvalue weighted by Gasteiger charge is -2.15. The molecule has 1 heterocycles. The number of aryl methyl sites for hydroxylation is 2. The summed E-state index contributed by atoms with van der Waals surface area (Å²) in [6, 6.07) is 19.8. The van der Waals surface area contributed by atoms with E-state index in [-0.39, 0.29) is 11.7 Å². The maximum absolute atomic E-state index is 12.0. The summed E-state index contributed by atoms with van der Waals surface area (Å²) >= 11 is 0. The van der Waals surface area contributed by atoms with E-state index in [9.17, 15) is 17.4 Å². The van der Waals surface area contributed by atoms with Crippen LogP contribution in [0.3, 0.4) is 0 Å². The average molecular weight is 539 g/mol. The van der Waals surface area contributed by atoms with Gasteiger partial charge in [-0.25, -0.2) is 12.6 Å². The SMILES string of the molecule is Cc1cc(OCCCS(C)(=O)=O)cc(C)c1-c1cccc(CNc2ccc(C3=CC(=O)NS3=O)cc2)c1. The standard InChI is InChI=1S/C28H30N2O5S2/c1-19-14-25(35-12-5-13-37(3,33)34)15-20(2)28(19)23-7-4-6-21(16-23)18-29-24-10-8-22(9-11-24)26-17-27(31)30-36(26)32/h4,6-11,14-17,29H,5,12-13,18H2,1-3H3,(H,30,31). The van der Waals surface area contributed by atoms with Gasteiger partial charge in [-0.2, -0.15) is 0 Å². The monoisotopic (exact) mass is 538 g/mol. The lowest BCUT2D eigenvalue weighted by molar-refractivity contribution is -0.114. The molecular weight excluding hydrogens is 508 g/mol. The molecule has 2 N–H and O–H groups in total. The van der Waals surface area contributed by atoms with E-state index < -0.39 is 20.8 Å². The maximum Gasteiger partial charge on any atom is 0.257 e. The van der Waals surface area contributed by atoms with Gasteiger partial charge in [0.2, 0.25) is 0 Å². The van der Waals surface area contributed by atoms with E-state index >= 15 is 0 Å². The topological polar surface area (TPSA) is 102 Å². The van der Waals surface area contributed by atoms with Crippen molar-refractivity contribution in [2.45, 2.75) is 26.8 Å². The summed E-state index contributed by atoms with van der Waals surface area (Å²) in [5, 5.41) is 3.41. The van der Waals surface area contributed by atoms with Crippen molar-refractivity contribution in [3.63, 3.8) is 0 Å². The van der Waals surface area contributed by atoms with Crippen LogP contribution in [-0.2, 0) is 32.2 Å². The number of amides is 1. The van der Waals surface area contributed by atoms with Crippen LogP contribution in [0.25, 0.3) is 16.0 Å². The summed E-state index contributed by atoms with van der Waals surface area (Å²) in [5.74, 6) is 0.518. The molecule has 1 aliphatic rings. The lowest BCUT2D eigenvalue weighted by Crippen LogP contribution is -2.16. The van der Waals surface area contributed by atoms with Gasteiger partial charge in [0.25, 0.3) is 5.91 Å². The normalized spacial score (nSPS) is 15.3. The Morgan fingerprint density at radius 3 is 2.30 bits per heavy atom. The van der Waals surface area contributed by atoms with Gasteiger partial charge in [0, 0.05) is 24.6 Å². The molecule has 0 aromatic heterocycles. The molecule has 1 atom stereocenters. The Kier molecular flexibility index (Phi) is 8.14. The quantitative estimate of drug-likeness (QED) is 0.368. The van der Waals surface area contributed by atoms with Crippen molar-refractivity contribution in [3.8, 4) is 16.9 Å². The molecule has 7 nitrogen and oxygen atoms in total. The fraction of sp³-hybridized carbons (Fsp3) is 0.250. The second-order valence-corrected chi connectivity index (χ2v) is 12.6. The second-order valence-electron chi connectivity index (χ2n) is 9.14. The van der Waals surface area contributed by atoms with Crippen LogP contribution in [0.2, 0.25) is 0 Å². The first kappa shape index (κ1) is 26.6. The van der Waals surface area contributed by atoms with E-state index in [1.807, 2.05) is 56.3 Å². The van der Waals surface area contributed by atoms with Gasteiger partial charge < -0.3 is 10.1 Å². The van der Waals surface area contributed by atoms with Gasteiger partial charge in [0.1, 0.15) is 15.6 Å². The largest absolute Gasteiger partial charge is 0.494 e. The molecule has 4 rings (SSSR count). The van der Waals surface area contributed by atoms with Gasteiger partial charge in [0.15, 0.2) is 11.0 Å². The summed E-state index contributed by atoms with van der Waals surface area (Å²) in [4.78, 5) is 11.9. The number of benzene rings is 3. The predicted molar refractivity (Wildman–Crippen MR) is 149 cm³/mol. The third-order valence-electron chi connectivity index (χ3n) is 5.97. The fourth-order valence-electron chi connectivity index (χ4n) is 4.31. The molecule has 1 unspecified atom stereocenters. The van der Waals surface area contributed by atoms with Crippen molar-refractivity contribution in [1.82, 2.24) is 4.72 Å². The summed E-state index contributed by atoms with van der Waals surface area (Å²) in [5.41, 5.74) is 7.23. The molecule has 1 aliphatic heterocycles. The van der Waals surface area contributed by atoms with Crippen LogP contribution >= 0.6 is 0 Å². The van der Waals surface area contributed by atoms with E-state index in [2.05, 4.69) is 28.2 Å². The van der Waals surface area contributed by atoms with Gasteiger partial charge >= 0.3 is 0 Å². The minimum absolute atomic E-state index is 0.117. The molecule has 0 saturated carbocycles. The third-order valence-corrected chi connectivity index (χ3v) is 8.14. The van der Waals surface area contributed by atoms with E-state index in [0.29, 0.717) is 24.5 Å². The van der Waals surface area contributed by atoms with Crippen molar-refractivity contribution >= 4 is 37.3 Å². The van der Waals surface area contributed by atoms with Gasteiger partial charge in [-0.15, -0.1) is 0 Å². The van der Waals surface area contributed by atoms with Crippen LogP contribution in [0.4, 0.5) is 5.69 Å². The number of ether oxygens (including phenoxy) is 1. The molecule has 3 aromatic rings. The number of carbonyl (C=O) groups excluding carboxylic acids is 1. The molecule has 9 heteroatoms. The lowest BCUT2D eigenvalue weighted by atomic mass is 9.94. The Bertz CT molecular complexity index is 1460. The summed E-state index contributed by atoms with van der Waals surface area (Å²) in [7, 11) is -4.49. The van der Waals surface area contributed by atoms with Crippen molar-refractivity contribution in [2.75, 3.05) is 23.9 Å². The summed E-state index contributed by atoms with van der Waals surface area (Å²) < 4.78 is 42.7. The van der Waals surface area contributed by atoms with Gasteiger partial charge in [0.05, 0.1) is 17.3 Å². The number of hydrogen-bond acceptors (Lipinski definition) is 6. The molecule has 0 radical (unpaired) electrons. The first-order chi connectivity index (χ1) is 17.6.